The van der Waals surface area contributed by atoms with Gasteiger partial charge >= 0.3 is 5.97 Å². The van der Waals surface area contributed by atoms with Crippen molar-refractivity contribution in [2.24, 2.45) is 0 Å². The van der Waals surface area contributed by atoms with Crippen LogP contribution in [0.25, 0.3) is 0 Å². The highest BCUT2D eigenvalue weighted by atomic mass is 32.2. The zero-order valence-electron chi connectivity index (χ0n) is 8.86. The molecule has 0 amide bonds. The van der Waals surface area contributed by atoms with Crippen LogP contribution in [0, 0.1) is 6.92 Å². The van der Waals surface area contributed by atoms with E-state index in [2.05, 4.69) is 17.1 Å². The third-order valence-corrected chi connectivity index (χ3v) is 2.64. The lowest BCUT2D eigenvalue weighted by Gasteiger charge is -2.00. The lowest BCUT2D eigenvalue weighted by atomic mass is 10.6. The number of ether oxygens (including phenoxy) is 1. The monoisotopic (exact) mass is 230 g/mol. The van der Waals surface area contributed by atoms with E-state index in [0.717, 1.165) is 12.2 Å². The Morgan fingerprint density at radius 2 is 2.40 bits per heavy atom. The summed E-state index contributed by atoms with van der Waals surface area (Å²) in [4.78, 5) is 15.1. The molecule has 1 heterocycles. The number of thioether (sulfide) groups is 1. The number of nitrogens with zero attached hydrogens (tertiary/aromatic N) is 2. The molecule has 0 N–H and O–H groups in total. The molecule has 0 atom stereocenters. The normalized spacial score (nSPS) is 10.3. The summed E-state index contributed by atoms with van der Waals surface area (Å²) in [7, 11) is 0. The molecule has 0 fully saturated rings. The molecule has 0 spiro atoms. The van der Waals surface area contributed by atoms with Crippen LogP contribution in [-0.2, 0) is 16.1 Å². The van der Waals surface area contributed by atoms with Gasteiger partial charge in [0.1, 0.15) is 0 Å². The maximum atomic E-state index is 11.2. The number of rotatable bonds is 6. The molecular formula is C9H14N2O3S. The van der Waals surface area contributed by atoms with E-state index >= 15 is 0 Å². The fourth-order valence-electron chi connectivity index (χ4n) is 0.886. The first kappa shape index (κ1) is 12.0. The van der Waals surface area contributed by atoms with Crippen LogP contribution in [0.15, 0.2) is 4.52 Å². The van der Waals surface area contributed by atoms with E-state index in [1.165, 1.54) is 0 Å². The van der Waals surface area contributed by atoms with Crippen molar-refractivity contribution in [3.8, 4) is 0 Å². The number of esters is 1. The molecule has 0 saturated carbocycles. The second-order valence-electron chi connectivity index (χ2n) is 2.94. The molecule has 5 nitrogen and oxygen atoms in total. The molecule has 0 saturated heterocycles. The second-order valence-corrected chi connectivity index (χ2v) is 4.05. The minimum atomic E-state index is -0.240. The standard InChI is InChI=1S/C9H14N2O3S/c1-3-4-15-6-9(12)13-5-8-10-7(2)14-11-8/h3-6H2,1-2H3. The van der Waals surface area contributed by atoms with Crippen LogP contribution in [-0.4, -0.2) is 27.6 Å². The van der Waals surface area contributed by atoms with Gasteiger partial charge in [-0.05, 0) is 12.2 Å². The Hall–Kier alpha value is -1.04. The number of carbonyl (C=O) groups excluding carboxylic acids is 1. The quantitative estimate of drug-likeness (QED) is 0.546. The van der Waals surface area contributed by atoms with Crippen molar-refractivity contribution >= 4 is 17.7 Å². The van der Waals surface area contributed by atoms with Gasteiger partial charge in [0.15, 0.2) is 6.61 Å². The minimum Gasteiger partial charge on any atom is -0.457 e. The number of carbonyl (C=O) groups is 1. The van der Waals surface area contributed by atoms with Crippen molar-refractivity contribution in [2.45, 2.75) is 26.9 Å². The Balaban J connectivity index is 2.16. The predicted molar refractivity (Wildman–Crippen MR) is 56.4 cm³/mol. The lowest BCUT2D eigenvalue weighted by Crippen LogP contribution is -2.08. The van der Waals surface area contributed by atoms with Crippen LogP contribution in [0.5, 0.6) is 0 Å². The predicted octanol–water partition coefficient (Wildman–Crippen LogP) is 1.56. The average molecular weight is 230 g/mol. The molecule has 0 radical (unpaired) electrons. The average Bonchev–Trinajstić information content (AvgIpc) is 2.62. The molecule has 0 aliphatic rings. The van der Waals surface area contributed by atoms with Gasteiger partial charge in [-0.15, -0.1) is 0 Å². The van der Waals surface area contributed by atoms with E-state index in [4.69, 9.17) is 9.26 Å². The van der Waals surface area contributed by atoms with Gasteiger partial charge in [0, 0.05) is 6.92 Å². The second kappa shape index (κ2) is 6.44. The number of aromatic nitrogens is 2. The van der Waals surface area contributed by atoms with Crippen molar-refractivity contribution in [1.29, 1.82) is 0 Å². The van der Waals surface area contributed by atoms with E-state index in [9.17, 15) is 4.79 Å². The maximum absolute atomic E-state index is 11.2. The molecule has 6 heteroatoms. The Bertz CT molecular complexity index is 314. The maximum Gasteiger partial charge on any atom is 0.316 e. The largest absolute Gasteiger partial charge is 0.457 e. The molecule has 0 aliphatic heterocycles. The topological polar surface area (TPSA) is 65.2 Å². The fourth-order valence-corrected chi connectivity index (χ4v) is 1.57. The SMILES string of the molecule is CCCSCC(=O)OCc1noc(C)n1. The molecule has 1 rings (SSSR count). The number of hydrogen-bond acceptors (Lipinski definition) is 6. The summed E-state index contributed by atoms with van der Waals surface area (Å²) in [6, 6.07) is 0. The molecule has 0 aromatic carbocycles. The summed E-state index contributed by atoms with van der Waals surface area (Å²) >= 11 is 1.56. The van der Waals surface area contributed by atoms with Gasteiger partial charge in [-0.25, -0.2) is 0 Å². The summed E-state index contributed by atoms with van der Waals surface area (Å²) in [5.41, 5.74) is 0. The summed E-state index contributed by atoms with van der Waals surface area (Å²) < 4.78 is 9.68. The van der Waals surface area contributed by atoms with E-state index in [0.29, 0.717) is 17.5 Å². The molecule has 84 valence electrons. The smallest absolute Gasteiger partial charge is 0.316 e. The summed E-state index contributed by atoms with van der Waals surface area (Å²) in [5, 5.41) is 3.61. The first-order chi connectivity index (χ1) is 7.22. The minimum absolute atomic E-state index is 0.0862. The Morgan fingerprint density at radius 3 is 3.00 bits per heavy atom. The summed E-state index contributed by atoms with van der Waals surface area (Å²) in [5.74, 6) is 1.99. The third-order valence-electron chi connectivity index (χ3n) is 1.50. The van der Waals surface area contributed by atoms with Crippen LogP contribution in [0.1, 0.15) is 25.1 Å². The number of aryl methyl sites for hydroxylation is 1. The van der Waals surface area contributed by atoms with Gasteiger partial charge in [-0.1, -0.05) is 12.1 Å². The fraction of sp³-hybridized carbons (Fsp3) is 0.667. The van der Waals surface area contributed by atoms with Crippen molar-refractivity contribution < 1.29 is 14.1 Å². The van der Waals surface area contributed by atoms with Crippen molar-refractivity contribution in [3.63, 3.8) is 0 Å². The van der Waals surface area contributed by atoms with Crippen LogP contribution in [0.3, 0.4) is 0 Å². The van der Waals surface area contributed by atoms with Gasteiger partial charge in [-0.2, -0.15) is 16.7 Å². The van der Waals surface area contributed by atoms with Gasteiger partial charge in [0.2, 0.25) is 11.7 Å². The first-order valence-electron chi connectivity index (χ1n) is 4.75. The third kappa shape index (κ3) is 4.83. The highest BCUT2D eigenvalue weighted by Gasteiger charge is 2.06. The highest BCUT2D eigenvalue weighted by Crippen LogP contribution is 2.04. The zero-order valence-corrected chi connectivity index (χ0v) is 9.67. The number of hydrogen-bond donors (Lipinski definition) is 0. The van der Waals surface area contributed by atoms with E-state index in [1.807, 2.05) is 0 Å². The molecule has 0 aliphatic carbocycles. The van der Waals surface area contributed by atoms with Crippen LogP contribution < -0.4 is 0 Å². The molecular weight excluding hydrogens is 216 g/mol. The van der Waals surface area contributed by atoms with Crippen molar-refractivity contribution in [3.05, 3.63) is 11.7 Å². The Kier molecular flexibility index (Phi) is 5.17. The Labute approximate surface area is 92.6 Å². The molecule has 15 heavy (non-hydrogen) atoms. The molecule has 1 aromatic heterocycles. The zero-order chi connectivity index (χ0) is 11.1. The first-order valence-corrected chi connectivity index (χ1v) is 5.90. The van der Waals surface area contributed by atoms with Crippen LogP contribution >= 0.6 is 11.8 Å². The highest BCUT2D eigenvalue weighted by molar-refractivity contribution is 7.99. The van der Waals surface area contributed by atoms with Crippen molar-refractivity contribution in [1.82, 2.24) is 10.1 Å². The molecule has 1 aromatic rings. The van der Waals surface area contributed by atoms with E-state index < -0.39 is 0 Å². The van der Waals surface area contributed by atoms with Gasteiger partial charge < -0.3 is 9.26 Å². The van der Waals surface area contributed by atoms with Crippen LogP contribution in [0.2, 0.25) is 0 Å². The molecule has 0 bridgehead atoms. The van der Waals surface area contributed by atoms with Gasteiger partial charge in [0.05, 0.1) is 5.75 Å². The summed E-state index contributed by atoms with van der Waals surface area (Å²) in [6.45, 7) is 3.85. The van der Waals surface area contributed by atoms with Gasteiger partial charge in [0.25, 0.3) is 0 Å². The summed E-state index contributed by atoms with van der Waals surface area (Å²) in [6.07, 6.45) is 1.06. The lowest BCUT2D eigenvalue weighted by molar-refractivity contribution is -0.141. The van der Waals surface area contributed by atoms with Crippen molar-refractivity contribution in [2.75, 3.05) is 11.5 Å². The van der Waals surface area contributed by atoms with E-state index in [1.54, 1.807) is 18.7 Å². The Morgan fingerprint density at radius 1 is 1.60 bits per heavy atom. The van der Waals surface area contributed by atoms with Crippen LogP contribution in [0.4, 0.5) is 0 Å². The van der Waals surface area contributed by atoms with E-state index in [-0.39, 0.29) is 12.6 Å². The molecule has 0 unspecified atom stereocenters. The van der Waals surface area contributed by atoms with Gasteiger partial charge in [-0.3, -0.25) is 4.79 Å².